The Morgan fingerprint density at radius 1 is 1.17 bits per heavy atom. The van der Waals surface area contributed by atoms with Crippen molar-refractivity contribution in [1.82, 2.24) is 5.32 Å². The van der Waals surface area contributed by atoms with Gasteiger partial charge in [0.25, 0.3) is 0 Å². The van der Waals surface area contributed by atoms with Crippen LogP contribution in [0.3, 0.4) is 0 Å². The number of furan rings is 1. The Balaban J connectivity index is 1.75. The number of anilines is 1. The number of halogens is 3. The Kier molecular flexibility index (Phi) is 5.37. The molecule has 0 radical (unpaired) electrons. The van der Waals surface area contributed by atoms with Crippen molar-refractivity contribution in [3.8, 4) is 11.1 Å². The third-order valence-electron chi connectivity index (χ3n) is 4.75. The predicted octanol–water partition coefficient (Wildman–Crippen LogP) is 5.91. The zero-order valence-electron chi connectivity index (χ0n) is 15.9. The van der Waals surface area contributed by atoms with Crippen molar-refractivity contribution in [1.29, 1.82) is 0 Å². The first kappa shape index (κ1) is 20.2. The molecule has 0 spiro atoms. The largest absolute Gasteiger partial charge is 0.478 e. The molecule has 30 heavy (non-hydrogen) atoms. The first-order chi connectivity index (χ1) is 14.4. The molecule has 0 aliphatic carbocycles. The fraction of sp³-hybridized carbons (Fsp3) is 0.0909. The van der Waals surface area contributed by atoms with Gasteiger partial charge in [0.1, 0.15) is 17.7 Å². The van der Waals surface area contributed by atoms with E-state index in [0.717, 1.165) is 16.7 Å². The highest BCUT2D eigenvalue weighted by molar-refractivity contribution is 6.36. The second-order valence-electron chi connectivity index (χ2n) is 6.76. The van der Waals surface area contributed by atoms with Gasteiger partial charge in [-0.1, -0.05) is 35.3 Å². The SMILES string of the molecule is C[C@@H](OC1=C(N)NC=Cc2c(-c3cccc(N)c3)coc21)c1c(Cl)ccc(F)c1Cl. The van der Waals surface area contributed by atoms with Crippen molar-refractivity contribution in [2.75, 3.05) is 5.73 Å². The maximum Gasteiger partial charge on any atom is 0.203 e. The average molecular weight is 446 g/mol. The number of nitrogen functional groups attached to an aromatic ring is 1. The van der Waals surface area contributed by atoms with Gasteiger partial charge in [-0.2, -0.15) is 0 Å². The molecule has 5 N–H and O–H groups in total. The van der Waals surface area contributed by atoms with Crippen LogP contribution in [0.2, 0.25) is 10.0 Å². The summed E-state index contributed by atoms with van der Waals surface area (Å²) in [7, 11) is 0. The fourth-order valence-electron chi connectivity index (χ4n) is 3.31. The van der Waals surface area contributed by atoms with Gasteiger partial charge in [0.2, 0.25) is 5.76 Å². The van der Waals surface area contributed by atoms with Crippen LogP contribution >= 0.6 is 23.2 Å². The molecular formula is C22H18Cl2FN3O2. The highest BCUT2D eigenvalue weighted by Crippen LogP contribution is 2.40. The number of nitrogens with one attached hydrogen (secondary N) is 1. The zero-order chi connectivity index (χ0) is 21.4. The highest BCUT2D eigenvalue weighted by atomic mass is 35.5. The molecule has 0 fully saturated rings. The molecule has 0 bridgehead atoms. The molecule has 1 aromatic heterocycles. The van der Waals surface area contributed by atoms with E-state index in [1.54, 1.807) is 25.5 Å². The Morgan fingerprint density at radius 3 is 2.73 bits per heavy atom. The normalized spacial score (nSPS) is 14.1. The molecule has 8 heteroatoms. The van der Waals surface area contributed by atoms with E-state index in [9.17, 15) is 4.39 Å². The molecule has 1 aliphatic rings. The van der Waals surface area contributed by atoms with Crippen LogP contribution in [0, 0.1) is 5.82 Å². The van der Waals surface area contributed by atoms with Crippen LogP contribution < -0.4 is 16.8 Å². The van der Waals surface area contributed by atoms with Crippen LogP contribution in [0.15, 0.2) is 59.1 Å². The molecule has 0 amide bonds. The Morgan fingerprint density at radius 2 is 1.97 bits per heavy atom. The van der Waals surface area contributed by atoms with Gasteiger partial charge >= 0.3 is 0 Å². The minimum Gasteiger partial charge on any atom is -0.478 e. The van der Waals surface area contributed by atoms with Crippen molar-refractivity contribution in [3.05, 3.63) is 87.4 Å². The molecule has 154 valence electrons. The van der Waals surface area contributed by atoms with Crippen LogP contribution in [0.4, 0.5) is 10.1 Å². The van der Waals surface area contributed by atoms with E-state index in [4.69, 9.17) is 43.8 Å². The topological polar surface area (TPSA) is 86.4 Å². The number of nitrogens with two attached hydrogens (primary N) is 2. The summed E-state index contributed by atoms with van der Waals surface area (Å²) in [6, 6.07) is 10.1. The zero-order valence-corrected chi connectivity index (χ0v) is 17.4. The van der Waals surface area contributed by atoms with Crippen LogP contribution in [-0.2, 0) is 4.74 Å². The minimum absolute atomic E-state index is 0.103. The van der Waals surface area contributed by atoms with Crippen molar-refractivity contribution >= 4 is 40.7 Å². The molecule has 1 atom stereocenters. The third-order valence-corrected chi connectivity index (χ3v) is 5.46. The standard InChI is InChI=1S/C22H18Cl2FN3O2/c1-11(18-16(23)5-6-17(25)19(18)24)30-21-20-14(7-8-28-22(21)27)15(10-29-20)12-3-2-4-13(26)9-12/h2-11,28H,26-27H2,1H3/t11-/m1/s1. The van der Waals surface area contributed by atoms with Gasteiger partial charge in [-0.15, -0.1) is 0 Å². The summed E-state index contributed by atoms with van der Waals surface area (Å²) in [5, 5.41) is 3.12. The van der Waals surface area contributed by atoms with Gasteiger partial charge < -0.3 is 25.9 Å². The van der Waals surface area contributed by atoms with Gasteiger partial charge in [0, 0.05) is 33.6 Å². The van der Waals surface area contributed by atoms with Crippen molar-refractivity contribution in [2.24, 2.45) is 5.73 Å². The van der Waals surface area contributed by atoms with Gasteiger partial charge in [0.15, 0.2) is 5.76 Å². The van der Waals surface area contributed by atoms with Crippen molar-refractivity contribution < 1.29 is 13.5 Å². The lowest BCUT2D eigenvalue weighted by Crippen LogP contribution is -2.17. The number of hydrogen-bond donors (Lipinski definition) is 3. The van der Waals surface area contributed by atoms with E-state index in [0.29, 0.717) is 17.0 Å². The average Bonchev–Trinajstić information content (AvgIpc) is 3.06. The summed E-state index contributed by atoms with van der Waals surface area (Å²) in [6.45, 7) is 1.70. The maximum absolute atomic E-state index is 14.0. The Bertz CT molecular complexity index is 1190. The quantitative estimate of drug-likeness (QED) is 0.343. The third kappa shape index (κ3) is 3.60. The molecule has 4 rings (SSSR count). The first-order valence-corrected chi connectivity index (χ1v) is 9.83. The molecule has 0 unspecified atom stereocenters. The van der Waals surface area contributed by atoms with Gasteiger partial charge in [-0.05, 0) is 42.8 Å². The van der Waals surface area contributed by atoms with E-state index >= 15 is 0 Å². The van der Waals surface area contributed by atoms with Gasteiger partial charge in [-0.25, -0.2) is 4.39 Å². The second kappa shape index (κ2) is 7.97. The minimum atomic E-state index is -0.706. The van der Waals surface area contributed by atoms with Crippen molar-refractivity contribution in [2.45, 2.75) is 13.0 Å². The van der Waals surface area contributed by atoms with E-state index in [1.807, 2.05) is 24.3 Å². The van der Waals surface area contributed by atoms with Crippen LogP contribution in [0.1, 0.15) is 29.9 Å². The summed E-state index contributed by atoms with van der Waals surface area (Å²) in [6.07, 6.45) is 4.41. The second-order valence-corrected chi connectivity index (χ2v) is 7.54. The summed E-state index contributed by atoms with van der Waals surface area (Å²) in [5.41, 5.74) is 15.5. The summed E-state index contributed by atoms with van der Waals surface area (Å²) < 4.78 is 25.9. The predicted molar refractivity (Wildman–Crippen MR) is 118 cm³/mol. The molecule has 0 saturated carbocycles. The Labute approximate surface area is 182 Å². The lowest BCUT2D eigenvalue weighted by atomic mass is 10.0. The summed E-state index contributed by atoms with van der Waals surface area (Å²) in [4.78, 5) is 0. The number of hydrogen-bond acceptors (Lipinski definition) is 5. The van der Waals surface area contributed by atoms with Gasteiger partial charge in [-0.3, -0.25) is 0 Å². The van der Waals surface area contributed by atoms with Crippen LogP contribution in [0.5, 0.6) is 0 Å². The van der Waals surface area contributed by atoms with Gasteiger partial charge in [0.05, 0.1) is 11.3 Å². The van der Waals surface area contributed by atoms with Crippen LogP contribution in [0.25, 0.3) is 23.0 Å². The van der Waals surface area contributed by atoms with E-state index in [2.05, 4.69) is 5.32 Å². The molecule has 1 aliphatic heterocycles. The highest BCUT2D eigenvalue weighted by Gasteiger charge is 2.26. The monoisotopic (exact) mass is 445 g/mol. The lowest BCUT2D eigenvalue weighted by molar-refractivity contribution is 0.180. The van der Waals surface area contributed by atoms with Crippen LogP contribution in [-0.4, -0.2) is 0 Å². The van der Waals surface area contributed by atoms with Crippen molar-refractivity contribution in [3.63, 3.8) is 0 Å². The summed E-state index contributed by atoms with van der Waals surface area (Å²) in [5.74, 6) is 0.321. The molecular weight excluding hydrogens is 428 g/mol. The Hall–Kier alpha value is -3.09. The fourth-order valence-corrected chi connectivity index (χ4v) is 3.99. The lowest BCUT2D eigenvalue weighted by Gasteiger charge is -2.20. The molecule has 0 saturated heterocycles. The molecule has 3 aromatic rings. The smallest absolute Gasteiger partial charge is 0.203 e. The van der Waals surface area contributed by atoms with E-state index in [1.165, 1.54) is 12.1 Å². The first-order valence-electron chi connectivity index (χ1n) is 9.07. The number of ether oxygens (including phenoxy) is 1. The van der Waals surface area contributed by atoms with E-state index in [-0.39, 0.29) is 21.6 Å². The number of fused-ring (bicyclic) bond motifs is 1. The summed E-state index contributed by atoms with van der Waals surface area (Å²) >= 11 is 12.4. The molecule has 2 aromatic carbocycles. The van der Waals surface area contributed by atoms with E-state index < -0.39 is 11.9 Å². The molecule has 2 heterocycles. The number of rotatable bonds is 4. The number of benzene rings is 2. The molecule has 5 nitrogen and oxygen atoms in total. The maximum atomic E-state index is 14.0.